The Bertz CT molecular complexity index is 580. The van der Waals surface area contributed by atoms with E-state index in [9.17, 15) is 4.79 Å². The van der Waals surface area contributed by atoms with Crippen molar-refractivity contribution in [2.24, 2.45) is 0 Å². The van der Waals surface area contributed by atoms with Crippen LogP contribution in [0.25, 0.3) is 0 Å². The number of anilines is 1. The third-order valence-electron chi connectivity index (χ3n) is 2.48. The second kappa shape index (κ2) is 5.71. The quantitative estimate of drug-likeness (QED) is 0.863. The lowest BCUT2D eigenvalue weighted by Gasteiger charge is -2.05. The number of esters is 1. The van der Waals surface area contributed by atoms with E-state index in [1.54, 1.807) is 25.3 Å². The Kier molecular flexibility index (Phi) is 4.01. The SMILES string of the molecule is CCOC(=O)c1cnn(Cc2ccc(Cl)cn2)c1N. The molecule has 0 saturated carbocycles. The number of carbonyl (C=O) groups is 1. The number of ether oxygens (including phenoxy) is 1. The van der Waals surface area contributed by atoms with E-state index in [-0.39, 0.29) is 11.4 Å². The largest absolute Gasteiger partial charge is 0.462 e. The van der Waals surface area contributed by atoms with Crippen molar-refractivity contribution >= 4 is 23.4 Å². The molecule has 19 heavy (non-hydrogen) atoms. The number of pyridine rings is 1. The van der Waals surface area contributed by atoms with E-state index in [0.29, 0.717) is 18.2 Å². The van der Waals surface area contributed by atoms with Crippen LogP contribution in [0.1, 0.15) is 23.0 Å². The Hall–Kier alpha value is -2.08. The summed E-state index contributed by atoms with van der Waals surface area (Å²) in [5.41, 5.74) is 6.86. The van der Waals surface area contributed by atoms with Gasteiger partial charge in [0.1, 0.15) is 11.4 Å². The molecule has 0 aliphatic heterocycles. The van der Waals surface area contributed by atoms with Crippen LogP contribution in [0.5, 0.6) is 0 Å². The summed E-state index contributed by atoms with van der Waals surface area (Å²) in [5, 5.41) is 4.61. The molecular formula is C12H13ClN4O2. The topological polar surface area (TPSA) is 83.0 Å². The van der Waals surface area contributed by atoms with Crippen LogP contribution in [0.4, 0.5) is 5.82 Å². The lowest BCUT2D eigenvalue weighted by atomic mass is 10.3. The van der Waals surface area contributed by atoms with E-state index >= 15 is 0 Å². The van der Waals surface area contributed by atoms with Crippen LogP contribution >= 0.6 is 11.6 Å². The molecule has 100 valence electrons. The molecule has 0 unspecified atom stereocenters. The average Bonchev–Trinajstić information content (AvgIpc) is 2.74. The van der Waals surface area contributed by atoms with Crippen LogP contribution in [-0.2, 0) is 11.3 Å². The van der Waals surface area contributed by atoms with Crippen molar-refractivity contribution in [3.05, 3.63) is 40.8 Å². The van der Waals surface area contributed by atoms with Crippen molar-refractivity contribution < 1.29 is 9.53 Å². The zero-order valence-electron chi connectivity index (χ0n) is 10.3. The highest BCUT2D eigenvalue weighted by Gasteiger charge is 2.16. The molecule has 0 spiro atoms. The summed E-state index contributed by atoms with van der Waals surface area (Å²) in [5.74, 6) is -0.217. The van der Waals surface area contributed by atoms with E-state index in [2.05, 4.69) is 10.1 Å². The second-order valence-corrected chi connectivity index (χ2v) is 4.23. The minimum atomic E-state index is -0.477. The summed E-state index contributed by atoms with van der Waals surface area (Å²) in [4.78, 5) is 15.7. The fourth-order valence-electron chi connectivity index (χ4n) is 1.54. The Morgan fingerprint density at radius 2 is 2.26 bits per heavy atom. The van der Waals surface area contributed by atoms with Crippen LogP contribution in [0, 0.1) is 0 Å². The smallest absolute Gasteiger partial charge is 0.343 e. The molecule has 0 amide bonds. The highest BCUT2D eigenvalue weighted by Crippen LogP contribution is 2.14. The van der Waals surface area contributed by atoms with Gasteiger partial charge in [0, 0.05) is 6.20 Å². The van der Waals surface area contributed by atoms with Gasteiger partial charge in [-0.1, -0.05) is 11.6 Å². The molecule has 0 atom stereocenters. The Morgan fingerprint density at radius 3 is 2.89 bits per heavy atom. The van der Waals surface area contributed by atoms with Gasteiger partial charge in [0.05, 0.1) is 30.1 Å². The molecule has 0 radical (unpaired) electrons. The van der Waals surface area contributed by atoms with E-state index in [0.717, 1.165) is 5.69 Å². The molecule has 2 heterocycles. The van der Waals surface area contributed by atoms with E-state index in [1.807, 2.05) is 0 Å². The summed E-state index contributed by atoms with van der Waals surface area (Å²) < 4.78 is 6.37. The number of rotatable bonds is 4. The molecule has 2 N–H and O–H groups in total. The number of hydrogen-bond acceptors (Lipinski definition) is 5. The van der Waals surface area contributed by atoms with Gasteiger partial charge in [-0.15, -0.1) is 0 Å². The van der Waals surface area contributed by atoms with E-state index < -0.39 is 5.97 Å². The molecule has 0 fully saturated rings. The van der Waals surface area contributed by atoms with Crippen molar-refractivity contribution in [2.75, 3.05) is 12.3 Å². The van der Waals surface area contributed by atoms with Crippen molar-refractivity contribution in [1.29, 1.82) is 0 Å². The molecule has 0 aliphatic carbocycles. The third kappa shape index (κ3) is 3.03. The number of nitrogens with zero attached hydrogens (tertiary/aromatic N) is 3. The van der Waals surface area contributed by atoms with Gasteiger partial charge >= 0.3 is 5.97 Å². The molecule has 2 aromatic heterocycles. The monoisotopic (exact) mass is 280 g/mol. The molecular weight excluding hydrogens is 268 g/mol. The van der Waals surface area contributed by atoms with Gasteiger partial charge < -0.3 is 10.5 Å². The number of carbonyl (C=O) groups excluding carboxylic acids is 1. The maximum absolute atomic E-state index is 11.6. The van der Waals surface area contributed by atoms with Gasteiger partial charge in [0.15, 0.2) is 0 Å². The minimum Gasteiger partial charge on any atom is -0.462 e. The van der Waals surface area contributed by atoms with Crippen LogP contribution in [0.15, 0.2) is 24.5 Å². The number of aromatic nitrogens is 3. The number of nitrogens with two attached hydrogens (primary N) is 1. The number of halogens is 1. The number of hydrogen-bond donors (Lipinski definition) is 1. The summed E-state index contributed by atoms with van der Waals surface area (Å²) in [6.45, 7) is 2.39. The zero-order valence-corrected chi connectivity index (χ0v) is 11.1. The van der Waals surface area contributed by atoms with E-state index in [4.69, 9.17) is 22.1 Å². The summed E-state index contributed by atoms with van der Waals surface area (Å²) in [6, 6.07) is 3.50. The first-order chi connectivity index (χ1) is 9.11. The molecule has 0 saturated heterocycles. The van der Waals surface area contributed by atoms with Gasteiger partial charge in [0.25, 0.3) is 0 Å². The highest BCUT2D eigenvalue weighted by atomic mass is 35.5. The van der Waals surface area contributed by atoms with E-state index in [1.165, 1.54) is 10.9 Å². The van der Waals surface area contributed by atoms with Crippen LogP contribution in [-0.4, -0.2) is 27.3 Å². The Balaban J connectivity index is 2.18. The third-order valence-corrected chi connectivity index (χ3v) is 2.70. The average molecular weight is 281 g/mol. The van der Waals surface area contributed by atoms with Crippen molar-refractivity contribution in [2.45, 2.75) is 13.5 Å². The zero-order chi connectivity index (χ0) is 13.8. The first-order valence-electron chi connectivity index (χ1n) is 5.70. The van der Waals surface area contributed by atoms with Crippen LogP contribution in [0.3, 0.4) is 0 Å². The number of nitrogen functional groups attached to an aromatic ring is 1. The van der Waals surface area contributed by atoms with Gasteiger partial charge in [0.2, 0.25) is 0 Å². The highest BCUT2D eigenvalue weighted by molar-refractivity contribution is 6.30. The van der Waals surface area contributed by atoms with Gasteiger partial charge in [-0.25, -0.2) is 9.48 Å². The second-order valence-electron chi connectivity index (χ2n) is 3.79. The lowest BCUT2D eigenvalue weighted by Crippen LogP contribution is -2.11. The van der Waals surface area contributed by atoms with Crippen molar-refractivity contribution in [1.82, 2.24) is 14.8 Å². The Morgan fingerprint density at radius 1 is 1.47 bits per heavy atom. The predicted molar refractivity (Wildman–Crippen MR) is 70.9 cm³/mol. The van der Waals surface area contributed by atoms with Gasteiger partial charge in [-0.2, -0.15) is 5.10 Å². The normalized spacial score (nSPS) is 10.4. The van der Waals surface area contributed by atoms with Crippen molar-refractivity contribution in [3.63, 3.8) is 0 Å². The first-order valence-corrected chi connectivity index (χ1v) is 6.08. The summed E-state index contributed by atoms with van der Waals surface area (Å²) >= 11 is 5.76. The maximum atomic E-state index is 11.6. The molecule has 2 rings (SSSR count). The van der Waals surface area contributed by atoms with Gasteiger partial charge in [-0.3, -0.25) is 4.98 Å². The lowest BCUT2D eigenvalue weighted by molar-refractivity contribution is 0.0527. The Labute approximate surface area is 115 Å². The minimum absolute atomic E-state index is 0.259. The molecule has 0 aromatic carbocycles. The fourth-order valence-corrected chi connectivity index (χ4v) is 1.65. The molecule has 2 aromatic rings. The van der Waals surface area contributed by atoms with Crippen molar-refractivity contribution in [3.8, 4) is 0 Å². The standard InChI is InChI=1S/C12H13ClN4O2/c1-2-19-12(18)10-6-16-17(11(10)14)7-9-4-3-8(13)5-15-9/h3-6H,2,7,14H2,1H3. The molecule has 0 bridgehead atoms. The molecule has 7 heteroatoms. The summed E-state index contributed by atoms with van der Waals surface area (Å²) in [7, 11) is 0. The summed E-state index contributed by atoms with van der Waals surface area (Å²) in [6.07, 6.45) is 2.94. The fraction of sp³-hybridized carbons (Fsp3) is 0.250. The van der Waals surface area contributed by atoms with Gasteiger partial charge in [-0.05, 0) is 19.1 Å². The first kappa shape index (κ1) is 13.4. The maximum Gasteiger partial charge on any atom is 0.343 e. The molecule has 0 aliphatic rings. The molecule has 6 nitrogen and oxygen atoms in total. The predicted octanol–water partition coefficient (Wildman–Crippen LogP) is 1.74. The van der Waals surface area contributed by atoms with Crippen LogP contribution in [0.2, 0.25) is 5.02 Å². The van der Waals surface area contributed by atoms with Crippen LogP contribution < -0.4 is 5.73 Å².